The SMILES string of the molecule is Cl.NC1CCCOC1C1CCN(C(=O)C(=O)NCc2ccc(F)cc2)CC1. The van der Waals surface area contributed by atoms with Crippen LogP contribution in [0.5, 0.6) is 0 Å². The first-order valence-electron chi connectivity index (χ1n) is 9.23. The summed E-state index contributed by atoms with van der Waals surface area (Å²) in [6.07, 6.45) is 3.65. The summed E-state index contributed by atoms with van der Waals surface area (Å²) in [6.45, 7) is 2.04. The molecule has 6 nitrogen and oxygen atoms in total. The molecule has 2 heterocycles. The van der Waals surface area contributed by atoms with Gasteiger partial charge >= 0.3 is 11.8 Å². The zero-order valence-electron chi connectivity index (χ0n) is 15.2. The molecule has 1 aromatic rings. The number of carbonyl (C=O) groups is 2. The average molecular weight is 400 g/mol. The van der Waals surface area contributed by atoms with E-state index >= 15 is 0 Å². The Morgan fingerprint density at radius 2 is 1.85 bits per heavy atom. The number of nitrogens with zero attached hydrogens (tertiary/aromatic N) is 1. The average Bonchev–Trinajstić information content (AvgIpc) is 2.67. The Hall–Kier alpha value is -1.70. The molecule has 0 aliphatic carbocycles. The van der Waals surface area contributed by atoms with Crippen LogP contribution in [0.1, 0.15) is 31.2 Å². The maximum Gasteiger partial charge on any atom is 0.311 e. The van der Waals surface area contributed by atoms with Crippen LogP contribution < -0.4 is 11.1 Å². The maximum atomic E-state index is 12.9. The van der Waals surface area contributed by atoms with E-state index in [1.165, 1.54) is 12.1 Å². The molecule has 0 aromatic heterocycles. The Morgan fingerprint density at radius 3 is 2.48 bits per heavy atom. The number of piperidine rings is 1. The van der Waals surface area contributed by atoms with Crippen molar-refractivity contribution >= 4 is 24.2 Å². The normalized spacial score (nSPS) is 23.4. The van der Waals surface area contributed by atoms with Crippen molar-refractivity contribution < 1.29 is 18.7 Å². The number of hydrogen-bond donors (Lipinski definition) is 2. The van der Waals surface area contributed by atoms with Crippen molar-refractivity contribution in [1.82, 2.24) is 10.2 Å². The topological polar surface area (TPSA) is 84.7 Å². The second-order valence-corrected chi connectivity index (χ2v) is 7.08. The summed E-state index contributed by atoms with van der Waals surface area (Å²) in [5.41, 5.74) is 6.91. The fraction of sp³-hybridized carbons (Fsp3) is 0.579. The Labute approximate surface area is 165 Å². The quantitative estimate of drug-likeness (QED) is 0.756. The monoisotopic (exact) mass is 399 g/mol. The van der Waals surface area contributed by atoms with Crippen molar-refractivity contribution in [3.8, 4) is 0 Å². The summed E-state index contributed by atoms with van der Waals surface area (Å²) in [7, 11) is 0. The molecule has 3 N–H and O–H groups in total. The van der Waals surface area contributed by atoms with Gasteiger partial charge in [-0.2, -0.15) is 0 Å². The van der Waals surface area contributed by atoms with E-state index < -0.39 is 11.8 Å². The summed E-state index contributed by atoms with van der Waals surface area (Å²) in [5, 5.41) is 2.60. The molecule has 150 valence electrons. The molecule has 0 saturated carbocycles. The lowest BCUT2D eigenvalue weighted by Gasteiger charge is -2.39. The van der Waals surface area contributed by atoms with Crippen LogP contribution in [0, 0.1) is 11.7 Å². The third-order valence-corrected chi connectivity index (χ3v) is 5.27. The maximum absolute atomic E-state index is 12.9. The van der Waals surface area contributed by atoms with Crippen molar-refractivity contribution in [3.05, 3.63) is 35.6 Å². The number of benzene rings is 1. The van der Waals surface area contributed by atoms with Gasteiger partial charge in [0.25, 0.3) is 0 Å². The summed E-state index contributed by atoms with van der Waals surface area (Å²) in [6, 6.07) is 5.88. The molecule has 2 fully saturated rings. The van der Waals surface area contributed by atoms with Gasteiger partial charge in [0.15, 0.2) is 0 Å². The second-order valence-electron chi connectivity index (χ2n) is 7.08. The Kier molecular flexibility index (Phi) is 8.01. The fourth-order valence-electron chi connectivity index (χ4n) is 3.75. The summed E-state index contributed by atoms with van der Waals surface area (Å²) in [5.74, 6) is -1.13. The minimum Gasteiger partial charge on any atom is -0.376 e. The molecule has 1 aromatic carbocycles. The zero-order chi connectivity index (χ0) is 18.5. The number of likely N-dealkylation sites (tertiary alicyclic amines) is 1. The zero-order valence-corrected chi connectivity index (χ0v) is 16.1. The predicted octanol–water partition coefficient (Wildman–Crippen LogP) is 1.61. The number of nitrogens with two attached hydrogens (primary N) is 1. The van der Waals surface area contributed by atoms with Gasteiger partial charge in [-0.3, -0.25) is 9.59 Å². The molecule has 0 spiro atoms. The predicted molar refractivity (Wildman–Crippen MR) is 102 cm³/mol. The number of hydrogen-bond acceptors (Lipinski definition) is 4. The largest absolute Gasteiger partial charge is 0.376 e. The fourth-order valence-corrected chi connectivity index (χ4v) is 3.75. The Morgan fingerprint density at radius 1 is 1.19 bits per heavy atom. The van der Waals surface area contributed by atoms with E-state index in [2.05, 4.69) is 5.32 Å². The highest BCUT2D eigenvalue weighted by Gasteiger charge is 2.35. The van der Waals surface area contributed by atoms with Gasteiger partial charge in [-0.1, -0.05) is 12.1 Å². The van der Waals surface area contributed by atoms with Gasteiger partial charge in [-0.05, 0) is 49.3 Å². The van der Waals surface area contributed by atoms with Crippen molar-refractivity contribution in [2.24, 2.45) is 11.7 Å². The Balaban J connectivity index is 0.00000261. The third-order valence-electron chi connectivity index (χ3n) is 5.27. The molecule has 3 rings (SSSR count). The number of rotatable bonds is 3. The number of halogens is 2. The van der Waals surface area contributed by atoms with E-state index in [-0.39, 0.29) is 36.9 Å². The van der Waals surface area contributed by atoms with Gasteiger partial charge in [0.2, 0.25) is 0 Å². The molecule has 27 heavy (non-hydrogen) atoms. The highest BCUT2D eigenvalue weighted by atomic mass is 35.5. The highest BCUT2D eigenvalue weighted by molar-refractivity contribution is 6.34. The van der Waals surface area contributed by atoms with Crippen molar-refractivity contribution in [1.29, 1.82) is 0 Å². The van der Waals surface area contributed by atoms with E-state index in [0.29, 0.717) is 19.0 Å². The minimum absolute atomic E-state index is 0. The van der Waals surface area contributed by atoms with Gasteiger partial charge in [-0.15, -0.1) is 12.4 Å². The first kappa shape index (κ1) is 21.6. The molecule has 2 atom stereocenters. The van der Waals surface area contributed by atoms with Gasteiger partial charge < -0.3 is 20.7 Å². The first-order valence-corrected chi connectivity index (χ1v) is 9.23. The molecule has 8 heteroatoms. The lowest BCUT2D eigenvalue weighted by atomic mass is 9.85. The van der Waals surface area contributed by atoms with Crippen LogP contribution in [-0.2, 0) is 20.9 Å². The van der Waals surface area contributed by atoms with Crippen molar-refractivity contribution in [3.63, 3.8) is 0 Å². The molecule has 2 amide bonds. The van der Waals surface area contributed by atoms with Crippen LogP contribution >= 0.6 is 12.4 Å². The standard InChI is InChI=1S/C19H26FN3O3.ClH/c20-15-5-3-13(4-6-15)12-22-18(24)19(25)23-9-7-14(8-10-23)17-16(21)2-1-11-26-17;/h3-6,14,16-17H,1-2,7-12,21H2,(H,22,24);1H. The van der Waals surface area contributed by atoms with Crippen molar-refractivity contribution in [2.75, 3.05) is 19.7 Å². The van der Waals surface area contributed by atoms with E-state index in [0.717, 1.165) is 37.9 Å². The summed E-state index contributed by atoms with van der Waals surface area (Å²) < 4.78 is 18.7. The molecule has 0 radical (unpaired) electrons. The van der Waals surface area contributed by atoms with Crippen LogP contribution in [0.4, 0.5) is 4.39 Å². The van der Waals surface area contributed by atoms with E-state index in [1.807, 2.05) is 0 Å². The van der Waals surface area contributed by atoms with Crippen molar-refractivity contribution in [2.45, 2.75) is 44.4 Å². The number of amides is 2. The van der Waals surface area contributed by atoms with Gasteiger partial charge in [0.05, 0.1) is 6.10 Å². The molecule has 0 bridgehead atoms. The van der Waals surface area contributed by atoms with Crippen LogP contribution in [0.2, 0.25) is 0 Å². The van der Waals surface area contributed by atoms with E-state index in [9.17, 15) is 14.0 Å². The van der Waals surface area contributed by atoms with Gasteiger partial charge in [0, 0.05) is 32.3 Å². The smallest absolute Gasteiger partial charge is 0.311 e. The lowest BCUT2D eigenvalue weighted by Crippen LogP contribution is -2.51. The Bertz CT molecular complexity index is 636. The van der Waals surface area contributed by atoms with Crippen LogP contribution in [-0.4, -0.2) is 48.6 Å². The lowest BCUT2D eigenvalue weighted by molar-refractivity contribution is -0.147. The van der Waals surface area contributed by atoms with Gasteiger partial charge in [0.1, 0.15) is 5.82 Å². The number of nitrogens with one attached hydrogen (secondary N) is 1. The molecule has 2 aliphatic heterocycles. The van der Waals surface area contributed by atoms with Crippen LogP contribution in [0.3, 0.4) is 0 Å². The minimum atomic E-state index is -0.626. The van der Waals surface area contributed by atoms with Crippen LogP contribution in [0.15, 0.2) is 24.3 Å². The number of ether oxygens (including phenoxy) is 1. The summed E-state index contributed by atoms with van der Waals surface area (Å²) >= 11 is 0. The third kappa shape index (κ3) is 5.64. The second kappa shape index (κ2) is 10.0. The molecule has 2 saturated heterocycles. The molecular formula is C19H27ClFN3O3. The van der Waals surface area contributed by atoms with Crippen LogP contribution in [0.25, 0.3) is 0 Å². The molecule has 2 aliphatic rings. The van der Waals surface area contributed by atoms with Gasteiger partial charge in [-0.25, -0.2) is 4.39 Å². The highest BCUT2D eigenvalue weighted by Crippen LogP contribution is 2.28. The van der Waals surface area contributed by atoms with E-state index in [4.69, 9.17) is 10.5 Å². The first-order chi connectivity index (χ1) is 12.5. The molecule has 2 unspecified atom stereocenters. The summed E-state index contributed by atoms with van der Waals surface area (Å²) in [4.78, 5) is 26.0. The molecular weight excluding hydrogens is 373 g/mol. The van der Waals surface area contributed by atoms with E-state index in [1.54, 1.807) is 17.0 Å². The number of carbonyl (C=O) groups excluding carboxylic acids is 2.